The molecule has 3 nitrogen and oxygen atoms in total. The monoisotopic (exact) mass is 275 g/mol. The topological polar surface area (TPSA) is 29.9 Å². The predicted molar refractivity (Wildman–Crippen MR) is 81.4 cm³/mol. The minimum absolute atomic E-state index is 0.343. The highest BCUT2D eigenvalue weighted by atomic mass is 32.2. The van der Waals surface area contributed by atoms with Crippen LogP contribution < -0.4 is 5.32 Å². The molecule has 0 radical (unpaired) electrons. The van der Waals surface area contributed by atoms with Crippen molar-refractivity contribution in [3.63, 3.8) is 0 Å². The summed E-state index contributed by atoms with van der Waals surface area (Å²) in [5, 5.41) is 7.91. The molecule has 1 atom stereocenters. The van der Waals surface area contributed by atoms with Gasteiger partial charge in [-0.25, -0.2) is 0 Å². The fraction of sp³-hybridized carbons (Fsp3) is 0.400. The van der Waals surface area contributed by atoms with E-state index in [-0.39, 0.29) is 0 Å². The third-order valence-corrected chi connectivity index (χ3v) is 4.07. The van der Waals surface area contributed by atoms with Gasteiger partial charge in [-0.3, -0.25) is 4.68 Å². The van der Waals surface area contributed by atoms with Crippen LogP contribution in [0, 0.1) is 6.92 Å². The molecule has 4 heteroatoms. The Labute approximate surface area is 119 Å². The lowest BCUT2D eigenvalue weighted by molar-refractivity contribution is 0.573. The van der Waals surface area contributed by atoms with Crippen LogP contribution >= 0.6 is 11.8 Å². The molecule has 1 N–H and O–H groups in total. The van der Waals surface area contributed by atoms with Crippen LogP contribution in [-0.2, 0) is 13.6 Å². The van der Waals surface area contributed by atoms with Gasteiger partial charge in [0.1, 0.15) is 0 Å². The lowest BCUT2D eigenvalue weighted by atomic mass is 10.1. The highest BCUT2D eigenvalue weighted by Gasteiger charge is 2.07. The normalized spacial score (nSPS) is 12.6. The van der Waals surface area contributed by atoms with Crippen molar-refractivity contribution in [2.24, 2.45) is 7.05 Å². The number of hydrogen-bond donors (Lipinski definition) is 1. The van der Waals surface area contributed by atoms with Crippen LogP contribution in [0.2, 0.25) is 0 Å². The summed E-state index contributed by atoms with van der Waals surface area (Å²) in [5.74, 6) is 0. The Bertz CT molecular complexity index is 531. The first-order valence-corrected chi connectivity index (χ1v) is 7.69. The van der Waals surface area contributed by atoms with E-state index in [4.69, 9.17) is 0 Å². The second kappa shape index (κ2) is 6.26. The van der Waals surface area contributed by atoms with Crippen LogP contribution in [0.15, 0.2) is 35.4 Å². The Kier molecular flexibility index (Phi) is 4.66. The van der Waals surface area contributed by atoms with E-state index in [1.54, 1.807) is 11.8 Å². The number of nitrogens with zero attached hydrogens (tertiary/aromatic N) is 2. The number of aromatic nitrogens is 2. The molecule has 1 aromatic carbocycles. The molecule has 1 unspecified atom stereocenters. The molecule has 0 fully saturated rings. The first-order chi connectivity index (χ1) is 9.10. The van der Waals surface area contributed by atoms with E-state index < -0.39 is 0 Å². The zero-order valence-corrected chi connectivity index (χ0v) is 12.8. The van der Waals surface area contributed by atoms with Crippen molar-refractivity contribution in [1.82, 2.24) is 15.1 Å². The molecule has 0 aliphatic rings. The molecular formula is C15H21N3S. The number of nitrogens with one attached hydrogen (secondary N) is 1. The van der Waals surface area contributed by atoms with Crippen molar-refractivity contribution in [1.29, 1.82) is 0 Å². The van der Waals surface area contributed by atoms with Gasteiger partial charge in [0.05, 0.1) is 5.69 Å². The molecule has 0 aliphatic carbocycles. The van der Waals surface area contributed by atoms with Crippen LogP contribution in [0.25, 0.3) is 0 Å². The second-order valence-electron chi connectivity index (χ2n) is 4.79. The van der Waals surface area contributed by atoms with Crippen molar-refractivity contribution in [2.75, 3.05) is 6.26 Å². The summed E-state index contributed by atoms with van der Waals surface area (Å²) >= 11 is 1.77. The van der Waals surface area contributed by atoms with Crippen LogP contribution in [0.1, 0.15) is 29.8 Å². The zero-order chi connectivity index (χ0) is 13.8. The summed E-state index contributed by atoms with van der Waals surface area (Å²) in [5.41, 5.74) is 3.68. The molecular weight excluding hydrogens is 254 g/mol. The Morgan fingerprint density at radius 2 is 2.00 bits per heavy atom. The molecule has 1 aromatic heterocycles. The molecule has 0 bridgehead atoms. The molecule has 0 aliphatic heterocycles. The van der Waals surface area contributed by atoms with E-state index >= 15 is 0 Å². The predicted octanol–water partition coefficient (Wildman–Crippen LogP) is 3.30. The van der Waals surface area contributed by atoms with Crippen molar-refractivity contribution in [3.05, 3.63) is 47.3 Å². The average molecular weight is 275 g/mol. The Balaban J connectivity index is 1.96. The maximum atomic E-state index is 4.36. The molecule has 19 heavy (non-hydrogen) atoms. The largest absolute Gasteiger partial charge is 0.306 e. The van der Waals surface area contributed by atoms with E-state index in [2.05, 4.69) is 61.0 Å². The van der Waals surface area contributed by atoms with Crippen LogP contribution in [-0.4, -0.2) is 16.0 Å². The van der Waals surface area contributed by atoms with E-state index in [1.807, 2.05) is 11.7 Å². The lowest BCUT2D eigenvalue weighted by Crippen LogP contribution is -2.18. The van der Waals surface area contributed by atoms with Crippen molar-refractivity contribution >= 4 is 11.8 Å². The van der Waals surface area contributed by atoms with Gasteiger partial charge < -0.3 is 5.32 Å². The SMILES string of the molecule is CSc1ccc(C(C)NCc2cn(C)nc2C)cc1. The van der Waals surface area contributed by atoms with Gasteiger partial charge in [-0.05, 0) is 37.8 Å². The quantitative estimate of drug-likeness (QED) is 0.849. The van der Waals surface area contributed by atoms with Crippen LogP contribution in [0.3, 0.4) is 0 Å². The highest BCUT2D eigenvalue weighted by molar-refractivity contribution is 7.98. The van der Waals surface area contributed by atoms with Gasteiger partial charge in [-0.1, -0.05) is 12.1 Å². The number of aryl methyl sites for hydroxylation is 2. The van der Waals surface area contributed by atoms with E-state index in [9.17, 15) is 0 Å². The molecule has 2 aromatic rings. The van der Waals surface area contributed by atoms with E-state index in [1.165, 1.54) is 16.0 Å². The molecule has 0 saturated carbocycles. The van der Waals surface area contributed by atoms with Crippen LogP contribution in [0.5, 0.6) is 0 Å². The first-order valence-electron chi connectivity index (χ1n) is 6.46. The van der Waals surface area contributed by atoms with Gasteiger partial charge in [-0.2, -0.15) is 5.10 Å². The van der Waals surface area contributed by atoms with Gasteiger partial charge in [0, 0.05) is 36.3 Å². The van der Waals surface area contributed by atoms with Gasteiger partial charge in [-0.15, -0.1) is 11.8 Å². The smallest absolute Gasteiger partial charge is 0.0638 e. The summed E-state index contributed by atoms with van der Waals surface area (Å²) in [7, 11) is 1.96. The van der Waals surface area contributed by atoms with Crippen molar-refractivity contribution in [2.45, 2.75) is 31.3 Å². The average Bonchev–Trinajstić information content (AvgIpc) is 2.74. The lowest BCUT2D eigenvalue weighted by Gasteiger charge is -2.14. The summed E-state index contributed by atoms with van der Waals surface area (Å²) in [6.45, 7) is 5.10. The Hall–Kier alpha value is -1.26. The molecule has 0 saturated heterocycles. The minimum Gasteiger partial charge on any atom is -0.306 e. The number of thioether (sulfide) groups is 1. The number of benzene rings is 1. The van der Waals surface area contributed by atoms with Gasteiger partial charge >= 0.3 is 0 Å². The first kappa shape index (κ1) is 14.2. The highest BCUT2D eigenvalue weighted by Crippen LogP contribution is 2.19. The standard InChI is InChI=1S/C15H21N3S/c1-11(13-5-7-15(19-4)8-6-13)16-9-14-10-18(3)17-12(14)2/h5-8,10-11,16H,9H2,1-4H3. The van der Waals surface area contributed by atoms with Gasteiger partial charge in [0.2, 0.25) is 0 Å². The second-order valence-corrected chi connectivity index (χ2v) is 5.67. The van der Waals surface area contributed by atoms with Crippen molar-refractivity contribution in [3.8, 4) is 0 Å². The van der Waals surface area contributed by atoms with Gasteiger partial charge in [0.15, 0.2) is 0 Å². The summed E-state index contributed by atoms with van der Waals surface area (Å²) in [6.07, 6.45) is 4.17. The van der Waals surface area contributed by atoms with E-state index in [0.29, 0.717) is 6.04 Å². The third kappa shape index (κ3) is 3.61. The fourth-order valence-corrected chi connectivity index (χ4v) is 2.50. The molecule has 0 spiro atoms. The maximum absolute atomic E-state index is 4.36. The zero-order valence-electron chi connectivity index (χ0n) is 12.0. The summed E-state index contributed by atoms with van der Waals surface area (Å²) in [4.78, 5) is 1.30. The molecule has 1 heterocycles. The Morgan fingerprint density at radius 1 is 1.32 bits per heavy atom. The molecule has 0 amide bonds. The third-order valence-electron chi connectivity index (χ3n) is 3.33. The number of hydrogen-bond acceptors (Lipinski definition) is 3. The maximum Gasteiger partial charge on any atom is 0.0638 e. The fourth-order valence-electron chi connectivity index (χ4n) is 2.10. The van der Waals surface area contributed by atoms with Crippen molar-refractivity contribution < 1.29 is 0 Å². The summed E-state index contributed by atoms with van der Waals surface area (Å²) < 4.78 is 1.87. The van der Waals surface area contributed by atoms with Crippen LogP contribution in [0.4, 0.5) is 0 Å². The van der Waals surface area contributed by atoms with Gasteiger partial charge in [0.25, 0.3) is 0 Å². The minimum atomic E-state index is 0.343. The molecule has 102 valence electrons. The molecule has 2 rings (SSSR count). The number of rotatable bonds is 5. The Morgan fingerprint density at radius 3 is 2.53 bits per heavy atom. The van der Waals surface area contributed by atoms with E-state index in [0.717, 1.165) is 12.2 Å². The summed E-state index contributed by atoms with van der Waals surface area (Å²) in [6, 6.07) is 9.08.